The van der Waals surface area contributed by atoms with Crippen LogP contribution < -0.4 is 16.0 Å². The molecule has 0 atom stereocenters. The molecule has 0 bridgehead atoms. The van der Waals surface area contributed by atoms with Crippen LogP contribution in [0.3, 0.4) is 0 Å². The Morgan fingerprint density at radius 2 is 1.67 bits per heavy atom. The third kappa shape index (κ3) is 3.28. The molecule has 0 saturated heterocycles. The zero-order valence-electron chi connectivity index (χ0n) is 11.7. The average Bonchev–Trinajstić information content (AvgIpc) is 2.44. The topological polar surface area (TPSA) is 41.3 Å². The Morgan fingerprint density at radius 3 is 2.19 bits per heavy atom. The van der Waals surface area contributed by atoms with Crippen LogP contribution in [0.4, 0.5) is 25.8 Å². The average molecular weight is 307 g/mol. The van der Waals surface area contributed by atoms with E-state index in [2.05, 4.69) is 17.5 Å². The van der Waals surface area contributed by atoms with Gasteiger partial charge < -0.3 is 16.0 Å². The van der Waals surface area contributed by atoms with Gasteiger partial charge in [-0.2, -0.15) is 0 Å². The van der Waals surface area contributed by atoms with Crippen LogP contribution in [0.2, 0.25) is 0 Å². The fourth-order valence-electron chi connectivity index (χ4n) is 1.83. The Balaban J connectivity index is 2.27. The van der Waals surface area contributed by atoms with Crippen molar-refractivity contribution in [2.24, 2.45) is 5.73 Å². The molecule has 0 aliphatic rings. The Hall–Kier alpha value is -2.21. The minimum atomic E-state index is -1.04. The van der Waals surface area contributed by atoms with Crippen molar-refractivity contribution >= 4 is 34.3 Å². The SMILES string of the molecule is CN(C)c1ccc(Nc2ccc(C(N)=S)c(F)c2F)cc1. The van der Waals surface area contributed by atoms with Gasteiger partial charge in [0.05, 0.1) is 5.69 Å². The van der Waals surface area contributed by atoms with Crippen molar-refractivity contribution in [2.75, 3.05) is 24.3 Å². The number of nitrogens with one attached hydrogen (secondary N) is 1. The molecule has 0 aliphatic heterocycles. The minimum Gasteiger partial charge on any atom is -0.389 e. The molecule has 0 saturated carbocycles. The molecule has 0 heterocycles. The summed E-state index contributed by atoms with van der Waals surface area (Å²) in [5.74, 6) is -2.05. The number of hydrogen-bond acceptors (Lipinski definition) is 3. The number of anilines is 3. The maximum absolute atomic E-state index is 14.0. The lowest BCUT2D eigenvalue weighted by molar-refractivity contribution is 0.510. The van der Waals surface area contributed by atoms with Crippen molar-refractivity contribution in [1.29, 1.82) is 0 Å². The molecule has 0 spiro atoms. The summed E-state index contributed by atoms with van der Waals surface area (Å²) in [7, 11) is 3.85. The summed E-state index contributed by atoms with van der Waals surface area (Å²) in [4.78, 5) is 1.77. The van der Waals surface area contributed by atoms with Crippen molar-refractivity contribution in [2.45, 2.75) is 0 Å². The molecule has 2 aromatic carbocycles. The number of halogens is 2. The summed E-state index contributed by atoms with van der Waals surface area (Å²) in [6.07, 6.45) is 0. The standard InChI is InChI=1S/C15H15F2N3S/c1-20(2)10-5-3-9(4-6-10)19-12-8-7-11(15(18)21)13(16)14(12)17/h3-8,19H,1-2H3,(H2,18,21). The van der Waals surface area contributed by atoms with Gasteiger partial charge in [-0.15, -0.1) is 0 Å². The zero-order chi connectivity index (χ0) is 15.6. The lowest BCUT2D eigenvalue weighted by atomic mass is 10.1. The van der Waals surface area contributed by atoms with Crippen molar-refractivity contribution in [1.82, 2.24) is 0 Å². The van der Waals surface area contributed by atoms with Crippen molar-refractivity contribution in [3.05, 3.63) is 53.6 Å². The summed E-state index contributed by atoms with van der Waals surface area (Å²) < 4.78 is 27.8. The van der Waals surface area contributed by atoms with E-state index in [-0.39, 0.29) is 16.2 Å². The molecule has 2 rings (SSSR count). The Morgan fingerprint density at radius 1 is 1.05 bits per heavy atom. The molecule has 0 aromatic heterocycles. The van der Waals surface area contributed by atoms with Crippen LogP contribution in [-0.2, 0) is 0 Å². The van der Waals surface area contributed by atoms with Crippen LogP contribution in [0, 0.1) is 11.6 Å². The number of benzene rings is 2. The van der Waals surface area contributed by atoms with Gasteiger partial charge >= 0.3 is 0 Å². The van der Waals surface area contributed by atoms with Gasteiger partial charge in [-0.05, 0) is 36.4 Å². The summed E-state index contributed by atoms with van der Waals surface area (Å²) in [5, 5.41) is 2.83. The van der Waals surface area contributed by atoms with Crippen molar-refractivity contribution in [3.63, 3.8) is 0 Å². The summed E-state index contributed by atoms with van der Waals surface area (Å²) in [6.45, 7) is 0. The van der Waals surface area contributed by atoms with E-state index in [1.165, 1.54) is 12.1 Å². The molecule has 6 heteroatoms. The number of hydrogen-bond donors (Lipinski definition) is 2. The fourth-order valence-corrected chi connectivity index (χ4v) is 1.99. The predicted molar refractivity (Wildman–Crippen MR) is 86.3 cm³/mol. The van der Waals surface area contributed by atoms with Gasteiger partial charge in [0.1, 0.15) is 4.99 Å². The third-order valence-corrected chi connectivity index (χ3v) is 3.23. The summed E-state index contributed by atoms with van der Waals surface area (Å²) in [5.41, 5.74) is 6.93. The van der Waals surface area contributed by atoms with E-state index in [9.17, 15) is 8.78 Å². The van der Waals surface area contributed by atoms with Crippen molar-refractivity contribution in [3.8, 4) is 0 Å². The monoisotopic (exact) mass is 307 g/mol. The Kier molecular flexibility index (Phi) is 4.37. The second-order valence-electron chi connectivity index (χ2n) is 4.72. The lowest BCUT2D eigenvalue weighted by Crippen LogP contribution is -2.13. The largest absolute Gasteiger partial charge is 0.389 e. The Labute approximate surface area is 127 Å². The van der Waals surface area contributed by atoms with E-state index >= 15 is 0 Å². The van der Waals surface area contributed by atoms with Crippen LogP contribution in [0.15, 0.2) is 36.4 Å². The molecule has 110 valence electrons. The first-order valence-corrected chi connectivity index (χ1v) is 6.63. The van der Waals surface area contributed by atoms with Crippen molar-refractivity contribution < 1.29 is 8.78 Å². The highest BCUT2D eigenvalue weighted by Crippen LogP contribution is 2.25. The van der Waals surface area contributed by atoms with Crippen LogP contribution >= 0.6 is 12.2 Å². The Bertz CT molecular complexity index is 669. The molecule has 0 fully saturated rings. The van der Waals surface area contributed by atoms with E-state index in [1.54, 1.807) is 12.1 Å². The highest BCUT2D eigenvalue weighted by atomic mass is 32.1. The smallest absolute Gasteiger partial charge is 0.182 e. The molecule has 21 heavy (non-hydrogen) atoms. The first-order valence-electron chi connectivity index (χ1n) is 6.22. The maximum atomic E-state index is 14.0. The number of nitrogens with two attached hydrogens (primary N) is 1. The molecule has 2 aromatic rings. The van der Waals surface area contributed by atoms with Gasteiger partial charge in [-0.3, -0.25) is 0 Å². The normalized spacial score (nSPS) is 10.3. The van der Waals surface area contributed by atoms with Gasteiger partial charge in [0.2, 0.25) is 0 Å². The van der Waals surface area contributed by atoms with E-state index < -0.39 is 11.6 Å². The molecular weight excluding hydrogens is 292 g/mol. The number of thiocarbonyl (C=S) groups is 1. The van der Waals surface area contributed by atoms with Gasteiger partial charge in [-0.25, -0.2) is 8.78 Å². The van der Waals surface area contributed by atoms with Gasteiger partial charge in [0, 0.05) is 31.0 Å². The minimum absolute atomic E-state index is 0.0325. The van der Waals surface area contributed by atoms with Crippen LogP contribution in [-0.4, -0.2) is 19.1 Å². The quantitative estimate of drug-likeness (QED) is 0.849. The maximum Gasteiger partial charge on any atom is 0.182 e. The first kappa shape index (κ1) is 15.2. The molecule has 0 radical (unpaired) electrons. The third-order valence-electron chi connectivity index (χ3n) is 3.01. The van der Waals surface area contributed by atoms with E-state index in [1.807, 2.05) is 31.1 Å². The van der Waals surface area contributed by atoms with Crippen LogP contribution in [0.1, 0.15) is 5.56 Å². The zero-order valence-corrected chi connectivity index (χ0v) is 12.5. The lowest BCUT2D eigenvalue weighted by Gasteiger charge is -2.14. The number of rotatable bonds is 4. The molecule has 0 amide bonds. The van der Waals surface area contributed by atoms with E-state index in [4.69, 9.17) is 5.73 Å². The summed E-state index contributed by atoms with van der Waals surface area (Å²) >= 11 is 4.67. The summed E-state index contributed by atoms with van der Waals surface area (Å²) in [6, 6.07) is 10.1. The van der Waals surface area contributed by atoms with Crippen LogP contribution in [0.5, 0.6) is 0 Å². The molecular formula is C15H15F2N3S. The molecule has 0 unspecified atom stereocenters. The number of nitrogens with zero attached hydrogens (tertiary/aromatic N) is 1. The van der Waals surface area contributed by atoms with E-state index in [0.717, 1.165) is 5.69 Å². The second-order valence-corrected chi connectivity index (χ2v) is 5.16. The molecule has 3 N–H and O–H groups in total. The second kappa shape index (κ2) is 6.05. The molecule has 3 nitrogen and oxygen atoms in total. The van der Waals surface area contributed by atoms with Crippen LogP contribution in [0.25, 0.3) is 0 Å². The first-order chi connectivity index (χ1) is 9.90. The van der Waals surface area contributed by atoms with Gasteiger partial charge in [-0.1, -0.05) is 12.2 Å². The molecule has 0 aliphatic carbocycles. The van der Waals surface area contributed by atoms with Gasteiger partial charge in [0.15, 0.2) is 11.6 Å². The fraction of sp³-hybridized carbons (Fsp3) is 0.133. The highest BCUT2D eigenvalue weighted by Gasteiger charge is 2.15. The predicted octanol–water partition coefficient (Wildman–Crippen LogP) is 3.41. The van der Waals surface area contributed by atoms with Gasteiger partial charge in [0.25, 0.3) is 0 Å². The van der Waals surface area contributed by atoms with E-state index in [0.29, 0.717) is 5.69 Å². The highest BCUT2D eigenvalue weighted by molar-refractivity contribution is 7.80.